The first-order chi connectivity index (χ1) is 26.2. The molecule has 0 bridgehead atoms. The van der Waals surface area contributed by atoms with Crippen LogP contribution in [0.3, 0.4) is 0 Å². The molecule has 9 rings (SSSR count). The number of hydrogen-bond acceptors (Lipinski definition) is 8. The number of aryl methyl sites for hydroxylation is 2. The fraction of sp³-hybridized carbons (Fsp3) is 0.286. The maximum atomic E-state index is 15.1. The van der Waals surface area contributed by atoms with Gasteiger partial charge in [0.25, 0.3) is 0 Å². The molecule has 3 aromatic carbocycles. The van der Waals surface area contributed by atoms with Gasteiger partial charge in [0.15, 0.2) is 5.78 Å². The zero-order valence-electron chi connectivity index (χ0n) is 30.2. The lowest BCUT2D eigenvalue weighted by Gasteiger charge is -2.49. The highest BCUT2D eigenvalue weighted by atomic mass is 79.9. The molecule has 2 saturated heterocycles. The van der Waals surface area contributed by atoms with Crippen molar-refractivity contribution in [2.75, 3.05) is 9.80 Å². The summed E-state index contributed by atoms with van der Waals surface area (Å²) in [5, 5.41) is 17.8. The van der Waals surface area contributed by atoms with Gasteiger partial charge in [-0.05, 0) is 111 Å². The standard InChI is InChI=1S/C42H34BrClN4O6S/c1-19-27-16-23(44)8-14-33(27)55-37(19)31-18-34(46(4)45-31)48-39(52)30-17-28-25(36(42(30,3)41(48)54)29-15-22(43)7-13-32(29)50)11-12-26-35(28)40(53)47(38(26)51)24-9-5-21(6-10-24)20(2)49/h5-11,13-16,18,26,28,30,35-36,50H,12,17H2,1-4H3. The summed E-state index contributed by atoms with van der Waals surface area (Å²) < 4.78 is 3.26. The molecule has 1 N–H and O–H groups in total. The molecule has 4 aliphatic rings. The number of hydrogen-bond donors (Lipinski definition) is 1. The maximum absolute atomic E-state index is 15.1. The normalized spacial score (nSPS) is 26.1. The SMILES string of the molecule is CC(=O)c1ccc(N2C(=O)C3CC=C4C(CC5C(=O)N(c6cc(-c7sc8ccc(Cl)cc8c7C)nn6C)C(=O)C5(C)C4c4cc(Br)ccc4O)C3C2=O)cc1. The molecule has 6 unspecified atom stereocenters. The smallest absolute Gasteiger partial charge is 0.242 e. The Morgan fingerprint density at radius 1 is 0.964 bits per heavy atom. The van der Waals surface area contributed by atoms with Crippen LogP contribution in [0.4, 0.5) is 11.5 Å². The number of fused-ring (bicyclic) bond motifs is 5. The van der Waals surface area contributed by atoms with Crippen molar-refractivity contribution in [2.45, 2.75) is 39.5 Å². The lowest BCUT2D eigenvalue weighted by molar-refractivity contribution is -0.131. The van der Waals surface area contributed by atoms with Crippen LogP contribution in [0, 0.1) is 36.0 Å². The average Bonchev–Trinajstić information content (AvgIpc) is 3.83. The van der Waals surface area contributed by atoms with Gasteiger partial charge >= 0.3 is 0 Å². The lowest BCUT2D eigenvalue weighted by atomic mass is 9.51. The summed E-state index contributed by atoms with van der Waals surface area (Å²) in [4.78, 5) is 73.7. The van der Waals surface area contributed by atoms with Gasteiger partial charge in [0.05, 0.1) is 33.7 Å². The number of phenols is 1. The summed E-state index contributed by atoms with van der Waals surface area (Å²) in [6.45, 7) is 5.23. The van der Waals surface area contributed by atoms with Gasteiger partial charge in [-0.3, -0.25) is 33.6 Å². The van der Waals surface area contributed by atoms with E-state index in [1.54, 1.807) is 78.5 Å². The van der Waals surface area contributed by atoms with Crippen molar-refractivity contribution in [3.8, 4) is 16.3 Å². The highest BCUT2D eigenvalue weighted by Gasteiger charge is 2.68. The Morgan fingerprint density at radius 3 is 2.44 bits per heavy atom. The van der Waals surface area contributed by atoms with E-state index >= 15 is 4.79 Å². The molecule has 6 atom stereocenters. The van der Waals surface area contributed by atoms with Crippen LogP contribution in [0.1, 0.15) is 54.1 Å². The second-order valence-electron chi connectivity index (χ2n) is 15.2. The number of phenolic OH excluding ortho intramolecular Hbond substituents is 1. The largest absolute Gasteiger partial charge is 0.508 e. The number of rotatable bonds is 5. The van der Waals surface area contributed by atoms with E-state index in [1.807, 2.05) is 31.2 Å². The van der Waals surface area contributed by atoms with Gasteiger partial charge in [-0.1, -0.05) is 39.2 Å². The highest BCUT2D eigenvalue weighted by molar-refractivity contribution is 9.10. The molecule has 5 aromatic rings. The number of ketones is 1. The number of carbonyl (C=O) groups excluding carboxylic acids is 5. The fourth-order valence-electron chi connectivity index (χ4n) is 9.65. The Morgan fingerprint density at radius 2 is 1.71 bits per heavy atom. The first kappa shape index (κ1) is 35.8. The zero-order valence-corrected chi connectivity index (χ0v) is 33.3. The monoisotopic (exact) mass is 836 g/mol. The molecule has 278 valence electrons. The van der Waals surface area contributed by atoms with Gasteiger partial charge in [-0.15, -0.1) is 11.3 Å². The molecule has 2 aliphatic heterocycles. The summed E-state index contributed by atoms with van der Waals surface area (Å²) in [5.74, 6) is -5.12. The van der Waals surface area contributed by atoms with E-state index in [0.717, 1.165) is 26.1 Å². The van der Waals surface area contributed by atoms with Crippen molar-refractivity contribution < 1.29 is 29.1 Å². The number of anilines is 2. The van der Waals surface area contributed by atoms with Crippen molar-refractivity contribution in [2.24, 2.45) is 36.1 Å². The predicted molar refractivity (Wildman–Crippen MR) is 213 cm³/mol. The number of aromatic hydroxyl groups is 1. The lowest BCUT2D eigenvalue weighted by Crippen LogP contribution is -2.49. The van der Waals surface area contributed by atoms with E-state index < -0.39 is 46.8 Å². The first-order valence-electron chi connectivity index (χ1n) is 18.0. The van der Waals surface area contributed by atoms with Gasteiger partial charge in [0.2, 0.25) is 23.6 Å². The number of halogens is 2. The zero-order chi connectivity index (χ0) is 38.8. The number of nitrogens with zero attached hydrogens (tertiary/aromatic N) is 4. The number of amides is 4. The van der Waals surface area contributed by atoms with Crippen molar-refractivity contribution in [3.05, 3.63) is 105 Å². The van der Waals surface area contributed by atoms with Crippen LogP contribution in [0.2, 0.25) is 5.02 Å². The van der Waals surface area contributed by atoms with Crippen LogP contribution < -0.4 is 9.80 Å². The number of Topliss-reactive ketones (excluding diaryl/α,β-unsaturated/α-hetero) is 1. The van der Waals surface area contributed by atoms with Crippen molar-refractivity contribution in [1.29, 1.82) is 0 Å². The number of allylic oxidation sites excluding steroid dienone is 2. The van der Waals surface area contributed by atoms with Crippen LogP contribution in [-0.4, -0.2) is 44.3 Å². The Hall–Kier alpha value is -4.91. The highest BCUT2D eigenvalue weighted by Crippen LogP contribution is 2.64. The Bertz CT molecular complexity index is 2600. The minimum atomic E-state index is -1.35. The number of benzene rings is 3. The van der Waals surface area contributed by atoms with Crippen LogP contribution >= 0.6 is 38.9 Å². The number of carbonyl (C=O) groups is 5. The summed E-state index contributed by atoms with van der Waals surface area (Å²) in [7, 11) is 1.70. The molecule has 0 spiro atoms. The Balaban J connectivity index is 1.14. The third kappa shape index (κ3) is 5.10. The van der Waals surface area contributed by atoms with E-state index in [2.05, 4.69) is 15.9 Å². The van der Waals surface area contributed by atoms with Crippen molar-refractivity contribution >= 4 is 89.9 Å². The van der Waals surface area contributed by atoms with E-state index in [4.69, 9.17) is 16.7 Å². The van der Waals surface area contributed by atoms with Gasteiger partial charge in [0, 0.05) is 44.4 Å². The molecule has 55 heavy (non-hydrogen) atoms. The van der Waals surface area contributed by atoms with E-state index in [0.29, 0.717) is 37.8 Å². The number of imide groups is 2. The molecule has 2 aromatic heterocycles. The molecule has 3 fully saturated rings. The summed E-state index contributed by atoms with van der Waals surface area (Å²) >= 11 is 11.4. The summed E-state index contributed by atoms with van der Waals surface area (Å²) in [6, 6.07) is 18.9. The Labute approximate surface area is 333 Å². The van der Waals surface area contributed by atoms with Crippen LogP contribution in [0.5, 0.6) is 5.75 Å². The van der Waals surface area contributed by atoms with Gasteiger partial charge < -0.3 is 5.11 Å². The van der Waals surface area contributed by atoms with E-state index in [-0.39, 0.29) is 36.2 Å². The van der Waals surface area contributed by atoms with E-state index in [1.165, 1.54) is 16.7 Å². The maximum Gasteiger partial charge on any atom is 0.242 e. The van der Waals surface area contributed by atoms with Crippen LogP contribution in [0.15, 0.2) is 82.9 Å². The minimum absolute atomic E-state index is 0.0419. The molecule has 4 heterocycles. The molecule has 0 radical (unpaired) electrons. The van der Waals surface area contributed by atoms with Gasteiger partial charge in [-0.25, -0.2) is 4.90 Å². The molecule has 10 nitrogen and oxygen atoms in total. The number of aromatic nitrogens is 2. The number of thiophene rings is 1. The molecular formula is C42H34BrClN4O6S. The van der Waals surface area contributed by atoms with Crippen LogP contribution in [0.25, 0.3) is 20.7 Å². The van der Waals surface area contributed by atoms with Crippen molar-refractivity contribution in [1.82, 2.24) is 9.78 Å². The average molecular weight is 838 g/mol. The second kappa shape index (κ2) is 12.6. The summed E-state index contributed by atoms with van der Waals surface area (Å²) in [5.41, 5.74) is 2.30. The topological polar surface area (TPSA) is 130 Å². The summed E-state index contributed by atoms with van der Waals surface area (Å²) in [6.07, 6.45) is 2.36. The molecule has 4 amide bonds. The predicted octanol–water partition coefficient (Wildman–Crippen LogP) is 8.37. The van der Waals surface area contributed by atoms with Crippen LogP contribution in [-0.2, 0) is 26.2 Å². The molecule has 13 heteroatoms. The third-order valence-corrected chi connectivity index (χ3v) is 14.3. The van der Waals surface area contributed by atoms with E-state index in [9.17, 15) is 24.3 Å². The first-order valence-corrected chi connectivity index (χ1v) is 20.0. The molecule has 2 aliphatic carbocycles. The molecule has 1 saturated carbocycles. The fourth-order valence-corrected chi connectivity index (χ4v) is 11.3. The van der Waals surface area contributed by atoms with Gasteiger partial charge in [-0.2, -0.15) is 5.10 Å². The molecular weight excluding hydrogens is 804 g/mol. The quantitative estimate of drug-likeness (QED) is 0.107. The second-order valence-corrected chi connectivity index (χ2v) is 17.6. The van der Waals surface area contributed by atoms with Crippen molar-refractivity contribution in [3.63, 3.8) is 0 Å². The van der Waals surface area contributed by atoms with Gasteiger partial charge in [0.1, 0.15) is 17.3 Å². The third-order valence-electron chi connectivity index (χ3n) is 12.3. The minimum Gasteiger partial charge on any atom is -0.508 e. The Kier molecular flexibility index (Phi) is 8.17.